The Bertz CT molecular complexity index is 609. The first-order valence-corrected chi connectivity index (χ1v) is 9.41. The van der Waals surface area contributed by atoms with Crippen LogP contribution < -0.4 is 4.90 Å². The van der Waals surface area contributed by atoms with Gasteiger partial charge < -0.3 is 14.7 Å². The summed E-state index contributed by atoms with van der Waals surface area (Å²) >= 11 is 1.64. The molecule has 0 aliphatic carbocycles. The summed E-state index contributed by atoms with van der Waals surface area (Å²) in [6, 6.07) is 3.62. The molecule has 2 aliphatic rings. The molecule has 1 atom stereocenters. The molecule has 0 saturated carbocycles. The van der Waals surface area contributed by atoms with Crippen molar-refractivity contribution in [2.45, 2.75) is 26.3 Å². The second-order valence-corrected chi connectivity index (χ2v) is 7.20. The van der Waals surface area contributed by atoms with E-state index in [2.05, 4.69) is 15.1 Å². The zero-order valence-corrected chi connectivity index (χ0v) is 15.0. The van der Waals surface area contributed by atoms with E-state index in [0.717, 1.165) is 37.6 Å². The van der Waals surface area contributed by atoms with Crippen LogP contribution in [0.4, 0.5) is 5.82 Å². The predicted molar refractivity (Wildman–Crippen MR) is 93.8 cm³/mol. The molecule has 0 N–H and O–H groups in total. The van der Waals surface area contributed by atoms with Crippen LogP contribution in [0.1, 0.15) is 19.0 Å². The number of nitrogens with zero attached hydrogens (tertiary/aromatic N) is 5. The van der Waals surface area contributed by atoms with Gasteiger partial charge in [-0.1, -0.05) is 0 Å². The van der Waals surface area contributed by atoms with Gasteiger partial charge in [-0.2, -0.15) is 5.10 Å². The van der Waals surface area contributed by atoms with E-state index in [-0.39, 0.29) is 17.9 Å². The fourth-order valence-electron chi connectivity index (χ4n) is 3.10. The highest BCUT2D eigenvalue weighted by atomic mass is 32.2. The van der Waals surface area contributed by atoms with Crippen LogP contribution in [0.2, 0.25) is 0 Å². The minimum atomic E-state index is -0.307. The van der Waals surface area contributed by atoms with Crippen molar-refractivity contribution in [2.75, 3.05) is 42.7 Å². The highest BCUT2D eigenvalue weighted by Crippen LogP contribution is 2.23. The van der Waals surface area contributed by atoms with Crippen molar-refractivity contribution < 1.29 is 9.59 Å². The van der Waals surface area contributed by atoms with Crippen LogP contribution in [0.25, 0.3) is 0 Å². The topological polar surface area (TPSA) is 69.6 Å². The Morgan fingerprint density at radius 3 is 2.71 bits per heavy atom. The molecule has 7 nitrogen and oxygen atoms in total. The smallest absolute Gasteiger partial charge is 0.246 e. The lowest BCUT2D eigenvalue weighted by Crippen LogP contribution is -2.49. The summed E-state index contributed by atoms with van der Waals surface area (Å²) in [5.41, 5.74) is 0.897. The largest absolute Gasteiger partial charge is 0.353 e. The summed E-state index contributed by atoms with van der Waals surface area (Å²) < 4.78 is 0. The summed E-state index contributed by atoms with van der Waals surface area (Å²) in [6.45, 7) is 6.43. The number of hydrogen-bond donors (Lipinski definition) is 0. The van der Waals surface area contributed by atoms with E-state index in [1.165, 1.54) is 6.92 Å². The van der Waals surface area contributed by atoms with Crippen molar-refractivity contribution in [3.8, 4) is 0 Å². The number of aryl methyl sites for hydroxylation is 1. The van der Waals surface area contributed by atoms with Crippen LogP contribution in [-0.2, 0) is 9.59 Å². The van der Waals surface area contributed by atoms with Crippen molar-refractivity contribution in [3.05, 3.63) is 17.8 Å². The summed E-state index contributed by atoms with van der Waals surface area (Å²) in [7, 11) is 0. The van der Waals surface area contributed by atoms with Crippen molar-refractivity contribution in [1.82, 2.24) is 20.0 Å². The third-order valence-corrected chi connectivity index (χ3v) is 5.50. The molecule has 24 heavy (non-hydrogen) atoms. The van der Waals surface area contributed by atoms with Crippen LogP contribution in [0.15, 0.2) is 12.1 Å². The maximum atomic E-state index is 12.8. The number of carbonyl (C=O) groups excluding carboxylic acids is 2. The van der Waals surface area contributed by atoms with Crippen molar-refractivity contribution in [2.24, 2.45) is 0 Å². The molecule has 3 heterocycles. The van der Waals surface area contributed by atoms with Crippen LogP contribution in [0.3, 0.4) is 0 Å². The van der Waals surface area contributed by atoms with E-state index in [9.17, 15) is 9.59 Å². The number of rotatable bonds is 2. The average Bonchev–Trinajstić information content (AvgIpc) is 2.94. The molecule has 1 aromatic heterocycles. The Morgan fingerprint density at radius 1 is 1.17 bits per heavy atom. The monoisotopic (exact) mass is 349 g/mol. The van der Waals surface area contributed by atoms with E-state index in [1.54, 1.807) is 16.7 Å². The van der Waals surface area contributed by atoms with Gasteiger partial charge in [0, 0.05) is 38.9 Å². The predicted octanol–water partition coefficient (Wildman–Crippen LogP) is 0.745. The van der Waals surface area contributed by atoms with Crippen LogP contribution in [0.5, 0.6) is 0 Å². The average molecular weight is 349 g/mol. The number of amides is 2. The van der Waals surface area contributed by atoms with Gasteiger partial charge in [0.2, 0.25) is 11.8 Å². The molecular weight excluding hydrogens is 326 g/mol. The number of anilines is 1. The van der Waals surface area contributed by atoms with Crippen LogP contribution >= 0.6 is 11.8 Å². The van der Waals surface area contributed by atoms with Gasteiger partial charge in [0.05, 0.1) is 11.6 Å². The summed E-state index contributed by atoms with van der Waals surface area (Å²) in [6.07, 6.45) is 0.890. The second kappa shape index (κ2) is 7.38. The lowest BCUT2D eigenvalue weighted by Gasteiger charge is -2.28. The number of aromatic nitrogens is 2. The lowest BCUT2D eigenvalue weighted by molar-refractivity contribution is -0.142. The van der Waals surface area contributed by atoms with E-state index in [1.807, 2.05) is 24.0 Å². The fourth-order valence-corrected chi connectivity index (χ4v) is 4.31. The fraction of sp³-hybridized carbons (Fsp3) is 0.625. The molecule has 0 bridgehead atoms. The molecule has 0 aromatic carbocycles. The van der Waals surface area contributed by atoms with Gasteiger partial charge in [-0.15, -0.1) is 16.9 Å². The SMILES string of the molecule is CC(=O)N1CSC[C@@H]1C(=O)N1CCCN(c2ccc(C)nn2)CC1. The molecule has 3 rings (SSSR count). The van der Waals surface area contributed by atoms with Gasteiger partial charge in [-0.05, 0) is 25.5 Å². The van der Waals surface area contributed by atoms with Gasteiger partial charge in [0.15, 0.2) is 5.82 Å². The Hall–Kier alpha value is -1.83. The van der Waals surface area contributed by atoms with E-state index in [0.29, 0.717) is 18.2 Å². The number of thioether (sulfide) groups is 1. The van der Waals surface area contributed by atoms with Crippen LogP contribution in [-0.4, -0.2) is 75.7 Å². The van der Waals surface area contributed by atoms with Gasteiger partial charge >= 0.3 is 0 Å². The maximum Gasteiger partial charge on any atom is 0.246 e. The third-order valence-electron chi connectivity index (χ3n) is 4.49. The Kier molecular flexibility index (Phi) is 5.23. The van der Waals surface area contributed by atoms with Crippen molar-refractivity contribution in [1.29, 1.82) is 0 Å². The van der Waals surface area contributed by atoms with E-state index in [4.69, 9.17) is 0 Å². The number of carbonyl (C=O) groups is 2. The lowest BCUT2D eigenvalue weighted by atomic mass is 10.2. The molecule has 0 radical (unpaired) electrons. The third kappa shape index (κ3) is 3.63. The molecule has 8 heteroatoms. The summed E-state index contributed by atoms with van der Waals surface area (Å²) in [4.78, 5) is 30.3. The van der Waals surface area contributed by atoms with E-state index >= 15 is 0 Å². The molecule has 2 aliphatic heterocycles. The molecule has 0 spiro atoms. The number of hydrogen-bond acceptors (Lipinski definition) is 6. The molecule has 2 fully saturated rings. The molecule has 2 saturated heterocycles. The quantitative estimate of drug-likeness (QED) is 0.785. The van der Waals surface area contributed by atoms with Crippen molar-refractivity contribution >= 4 is 29.4 Å². The first-order valence-electron chi connectivity index (χ1n) is 8.25. The molecule has 1 aromatic rings. The summed E-state index contributed by atoms with van der Waals surface area (Å²) in [5.74, 6) is 2.22. The Morgan fingerprint density at radius 2 is 2.00 bits per heavy atom. The maximum absolute atomic E-state index is 12.8. The first kappa shape index (κ1) is 17.0. The zero-order valence-electron chi connectivity index (χ0n) is 14.1. The Labute approximate surface area is 146 Å². The molecule has 0 unspecified atom stereocenters. The minimum Gasteiger partial charge on any atom is -0.353 e. The van der Waals surface area contributed by atoms with Gasteiger partial charge in [0.1, 0.15) is 6.04 Å². The van der Waals surface area contributed by atoms with Gasteiger partial charge in [-0.25, -0.2) is 0 Å². The van der Waals surface area contributed by atoms with Crippen molar-refractivity contribution in [3.63, 3.8) is 0 Å². The highest BCUT2D eigenvalue weighted by Gasteiger charge is 2.36. The highest BCUT2D eigenvalue weighted by molar-refractivity contribution is 7.99. The molecule has 2 amide bonds. The van der Waals surface area contributed by atoms with Crippen LogP contribution in [0, 0.1) is 6.92 Å². The molecule has 130 valence electrons. The zero-order chi connectivity index (χ0) is 17.1. The first-order chi connectivity index (χ1) is 11.6. The molecular formula is C16H23N5O2S. The Balaban J connectivity index is 1.63. The normalized spacial score (nSPS) is 21.8. The van der Waals surface area contributed by atoms with Gasteiger partial charge in [-0.3, -0.25) is 9.59 Å². The minimum absolute atomic E-state index is 0.0234. The summed E-state index contributed by atoms with van der Waals surface area (Å²) in [5, 5.41) is 8.35. The van der Waals surface area contributed by atoms with E-state index < -0.39 is 0 Å². The second-order valence-electron chi connectivity index (χ2n) is 6.20. The van der Waals surface area contributed by atoms with Gasteiger partial charge in [0.25, 0.3) is 0 Å². The standard InChI is InChI=1S/C16H23N5O2S/c1-12-4-5-15(18-17-12)19-6-3-7-20(9-8-19)16(23)14-10-24-11-21(14)13(2)22/h4-5,14H,3,6-11H2,1-2H3/t14-/m1/s1.